The molecule has 0 radical (unpaired) electrons. The number of carbonyl (C=O) groups is 1. The van der Waals surface area contributed by atoms with E-state index in [1.165, 1.54) is 18.2 Å². The first-order chi connectivity index (χ1) is 18.5. The smallest absolute Gasteiger partial charge is 0.296 e. The number of fused-ring (bicyclic) bond motifs is 1. The number of carbonyl (C=O) groups excluding carboxylic acids is 1. The van der Waals surface area contributed by atoms with Crippen LogP contribution in [0.4, 0.5) is 17.1 Å². The number of hydrogen-bond acceptors (Lipinski definition) is 7. The summed E-state index contributed by atoms with van der Waals surface area (Å²) in [5.41, 5.74) is 0.556. The number of nitrogens with one attached hydrogen (secondary N) is 1. The molecule has 1 amide bonds. The minimum Gasteiger partial charge on any atom is -0.505 e. The van der Waals surface area contributed by atoms with Crippen molar-refractivity contribution >= 4 is 67.1 Å². The van der Waals surface area contributed by atoms with E-state index in [2.05, 4.69) is 15.5 Å². The number of benzene rings is 4. The van der Waals surface area contributed by atoms with Gasteiger partial charge in [-0.3, -0.25) is 9.35 Å². The Morgan fingerprint density at radius 2 is 1.77 bits per heavy atom. The van der Waals surface area contributed by atoms with Crippen molar-refractivity contribution in [2.24, 2.45) is 10.2 Å². The van der Waals surface area contributed by atoms with Crippen LogP contribution in [0, 0.1) is 0 Å². The molecule has 4 rings (SSSR count). The second-order valence-corrected chi connectivity index (χ2v) is 10.6. The largest absolute Gasteiger partial charge is 0.505 e. The number of halogens is 2. The number of amides is 1. The number of aromatic hydroxyl groups is 1. The monoisotopic (exact) mass is 587 g/mol. The average Bonchev–Trinajstić information content (AvgIpc) is 2.87. The summed E-state index contributed by atoms with van der Waals surface area (Å²) in [7, 11) is -4.69. The molecule has 4 aromatic carbocycles. The average molecular weight is 588 g/mol. The lowest BCUT2D eigenvalue weighted by molar-refractivity contribution is 0.102. The molecule has 0 atom stereocenters. The van der Waals surface area contributed by atoms with E-state index < -0.39 is 26.7 Å². The molecule has 0 aromatic heterocycles. The number of nitrogens with zero attached hydrogens (tertiary/aromatic N) is 2. The number of azo groups is 1. The summed E-state index contributed by atoms with van der Waals surface area (Å²) in [6.07, 6.45) is 0.464. The fourth-order valence-electron chi connectivity index (χ4n) is 3.92. The van der Waals surface area contributed by atoms with Gasteiger partial charge in [-0.05, 0) is 54.6 Å². The van der Waals surface area contributed by atoms with Gasteiger partial charge in [0.1, 0.15) is 22.0 Å². The minimum absolute atomic E-state index is 0.0753. The van der Waals surface area contributed by atoms with Crippen molar-refractivity contribution < 1.29 is 27.6 Å². The lowest BCUT2D eigenvalue weighted by atomic mass is 10.0. The van der Waals surface area contributed by atoms with E-state index in [0.29, 0.717) is 45.8 Å². The van der Waals surface area contributed by atoms with Crippen LogP contribution in [0.15, 0.2) is 75.8 Å². The van der Waals surface area contributed by atoms with E-state index in [1.54, 1.807) is 36.4 Å². The van der Waals surface area contributed by atoms with Crippen molar-refractivity contribution in [1.29, 1.82) is 0 Å². The molecule has 0 spiro atoms. The summed E-state index contributed by atoms with van der Waals surface area (Å²) in [5.74, 6) is -0.681. The minimum atomic E-state index is -4.69. The molecule has 9 nitrogen and oxygen atoms in total. The van der Waals surface area contributed by atoms with Crippen LogP contribution < -0.4 is 10.1 Å². The van der Waals surface area contributed by atoms with Crippen LogP contribution in [0.2, 0.25) is 10.0 Å². The highest BCUT2D eigenvalue weighted by Gasteiger charge is 2.21. The van der Waals surface area contributed by atoms with E-state index in [-0.39, 0.29) is 22.0 Å². The van der Waals surface area contributed by atoms with Crippen LogP contribution >= 0.6 is 23.2 Å². The van der Waals surface area contributed by atoms with E-state index in [4.69, 9.17) is 27.9 Å². The van der Waals surface area contributed by atoms with Gasteiger partial charge in [0.2, 0.25) is 0 Å². The standard InChI is InChI=1S/C27H23Cl2N3O6S/c1-3-15-10-23(24(14-22(15)29)39(35,36)37)31-32-25-20-8-6-5-7-16(20)9-21(26(25)33)27(34)30-18-11-17(28)12-19(13-18)38-4-2/h5-14,33H,3-4H2,1-2H3,(H,30,34)(H,35,36,37). The van der Waals surface area contributed by atoms with Gasteiger partial charge in [0.05, 0.1) is 12.2 Å². The van der Waals surface area contributed by atoms with Crippen LogP contribution in [0.5, 0.6) is 11.5 Å². The quantitative estimate of drug-likeness (QED) is 0.142. The molecule has 4 aromatic rings. The van der Waals surface area contributed by atoms with Crippen molar-refractivity contribution in [2.75, 3.05) is 11.9 Å². The van der Waals surface area contributed by atoms with Gasteiger partial charge in [0.25, 0.3) is 16.0 Å². The van der Waals surface area contributed by atoms with Crippen molar-refractivity contribution in [3.05, 3.63) is 81.8 Å². The van der Waals surface area contributed by atoms with Crippen LogP contribution in [-0.4, -0.2) is 30.6 Å². The second kappa shape index (κ2) is 11.6. The maximum atomic E-state index is 13.2. The van der Waals surface area contributed by atoms with E-state index in [1.807, 2.05) is 13.8 Å². The van der Waals surface area contributed by atoms with Gasteiger partial charge in [-0.25, -0.2) is 0 Å². The number of aryl methyl sites for hydroxylation is 1. The Morgan fingerprint density at radius 3 is 2.46 bits per heavy atom. The Bertz CT molecular complexity index is 1720. The summed E-state index contributed by atoms with van der Waals surface area (Å²) in [5, 5.41) is 23.5. The third-order valence-electron chi connectivity index (χ3n) is 5.72. The zero-order valence-electron chi connectivity index (χ0n) is 20.8. The molecule has 0 bridgehead atoms. The SMILES string of the molecule is CCOc1cc(Cl)cc(NC(=O)c2cc3ccccc3c(N=Nc3cc(CC)c(Cl)cc3S(=O)(=O)O)c2O)c1. The highest BCUT2D eigenvalue weighted by Crippen LogP contribution is 2.41. The van der Waals surface area contributed by atoms with Crippen molar-refractivity contribution in [1.82, 2.24) is 0 Å². The molecule has 0 aliphatic carbocycles. The molecule has 12 heteroatoms. The molecule has 202 valence electrons. The van der Waals surface area contributed by atoms with Crippen molar-refractivity contribution in [3.63, 3.8) is 0 Å². The molecule has 39 heavy (non-hydrogen) atoms. The normalized spacial score (nSPS) is 11.7. The van der Waals surface area contributed by atoms with E-state index >= 15 is 0 Å². The number of hydrogen-bond donors (Lipinski definition) is 3. The van der Waals surface area contributed by atoms with Crippen LogP contribution in [0.3, 0.4) is 0 Å². The molecule has 0 saturated carbocycles. The topological polar surface area (TPSA) is 138 Å². The first-order valence-corrected chi connectivity index (χ1v) is 13.9. The van der Waals surface area contributed by atoms with Gasteiger partial charge in [0.15, 0.2) is 5.75 Å². The number of ether oxygens (including phenoxy) is 1. The van der Waals surface area contributed by atoms with Crippen LogP contribution in [0.25, 0.3) is 10.8 Å². The third-order valence-corrected chi connectivity index (χ3v) is 7.18. The molecule has 0 fully saturated rings. The van der Waals surface area contributed by atoms with Gasteiger partial charge in [0, 0.05) is 27.2 Å². The number of rotatable bonds is 8. The Labute approximate surface area is 234 Å². The van der Waals surface area contributed by atoms with Crippen molar-refractivity contribution in [2.45, 2.75) is 25.2 Å². The maximum absolute atomic E-state index is 13.2. The van der Waals surface area contributed by atoms with E-state index in [9.17, 15) is 22.9 Å². The molecular weight excluding hydrogens is 565 g/mol. The first-order valence-electron chi connectivity index (χ1n) is 11.7. The number of phenols is 1. The molecule has 0 aliphatic rings. The summed E-state index contributed by atoms with van der Waals surface area (Å²) < 4.78 is 39.1. The van der Waals surface area contributed by atoms with Gasteiger partial charge < -0.3 is 15.2 Å². The molecule has 0 saturated heterocycles. The Balaban J connectivity index is 1.82. The van der Waals surface area contributed by atoms with Gasteiger partial charge in [-0.15, -0.1) is 10.2 Å². The third kappa shape index (κ3) is 6.31. The highest BCUT2D eigenvalue weighted by atomic mass is 35.5. The number of phenolic OH excluding ortho intramolecular Hbond substituents is 1. The Morgan fingerprint density at radius 1 is 1.03 bits per heavy atom. The fraction of sp³-hybridized carbons (Fsp3) is 0.148. The highest BCUT2D eigenvalue weighted by molar-refractivity contribution is 7.86. The zero-order valence-corrected chi connectivity index (χ0v) is 23.1. The molecule has 0 aliphatic heterocycles. The van der Waals surface area contributed by atoms with Crippen molar-refractivity contribution in [3.8, 4) is 11.5 Å². The Kier molecular flexibility index (Phi) is 8.41. The maximum Gasteiger partial charge on any atom is 0.296 e. The predicted octanol–water partition coefficient (Wildman–Crippen LogP) is 7.73. The molecule has 0 heterocycles. The van der Waals surface area contributed by atoms with Crippen LogP contribution in [-0.2, 0) is 16.5 Å². The van der Waals surface area contributed by atoms with Gasteiger partial charge in [-0.1, -0.05) is 54.4 Å². The summed E-state index contributed by atoms with van der Waals surface area (Å²) in [6.45, 7) is 4.03. The lowest BCUT2D eigenvalue weighted by Gasteiger charge is -2.12. The second-order valence-electron chi connectivity index (χ2n) is 8.35. The van der Waals surface area contributed by atoms with Gasteiger partial charge in [-0.2, -0.15) is 8.42 Å². The summed E-state index contributed by atoms with van der Waals surface area (Å²) in [6, 6.07) is 15.5. The molecular formula is C27H23Cl2N3O6S. The summed E-state index contributed by atoms with van der Waals surface area (Å²) >= 11 is 12.3. The number of anilines is 1. The first kappa shape index (κ1) is 28.3. The Hall–Kier alpha value is -3.70. The summed E-state index contributed by atoms with van der Waals surface area (Å²) in [4.78, 5) is 12.7. The fourth-order valence-corrected chi connectivity index (χ4v) is 5.14. The van der Waals surface area contributed by atoms with E-state index in [0.717, 1.165) is 6.07 Å². The van der Waals surface area contributed by atoms with Gasteiger partial charge >= 0.3 is 0 Å². The predicted molar refractivity (Wildman–Crippen MR) is 151 cm³/mol. The lowest BCUT2D eigenvalue weighted by Crippen LogP contribution is -2.12. The molecule has 0 unspecified atom stereocenters. The zero-order chi connectivity index (χ0) is 28.3. The molecule has 3 N–H and O–H groups in total. The van der Waals surface area contributed by atoms with Crippen LogP contribution in [0.1, 0.15) is 29.8 Å².